The van der Waals surface area contributed by atoms with Crippen molar-refractivity contribution in [3.63, 3.8) is 0 Å². The molecular weight excluding hydrogens is 270 g/mol. The van der Waals surface area contributed by atoms with Gasteiger partial charge in [0.25, 0.3) is 0 Å². The van der Waals surface area contributed by atoms with Crippen molar-refractivity contribution in [2.24, 2.45) is 0 Å². The monoisotopic (exact) mass is 287 g/mol. The van der Waals surface area contributed by atoms with E-state index in [1.807, 2.05) is 12.3 Å². The molecule has 2 aromatic rings. The van der Waals surface area contributed by atoms with Gasteiger partial charge in [-0.15, -0.1) is 11.8 Å². The molecule has 5 heteroatoms. The molecule has 104 valence electrons. The number of morpholine rings is 1. The van der Waals surface area contributed by atoms with Crippen molar-refractivity contribution in [1.82, 2.24) is 9.97 Å². The zero-order valence-electron chi connectivity index (χ0n) is 11.5. The van der Waals surface area contributed by atoms with Gasteiger partial charge < -0.3 is 9.64 Å². The van der Waals surface area contributed by atoms with Crippen LogP contribution in [0.4, 0.5) is 5.95 Å². The average Bonchev–Trinajstić information content (AvgIpc) is 2.56. The molecule has 0 aliphatic carbocycles. The highest BCUT2D eigenvalue weighted by Gasteiger charge is 2.14. The molecule has 1 aromatic heterocycles. The maximum absolute atomic E-state index is 5.36. The quantitative estimate of drug-likeness (QED) is 0.812. The lowest BCUT2D eigenvalue weighted by atomic mass is 10.1. The van der Waals surface area contributed by atoms with E-state index in [1.165, 1.54) is 4.90 Å². The Balaban J connectivity index is 1.85. The number of hydrogen-bond donors (Lipinski definition) is 0. The van der Waals surface area contributed by atoms with Crippen molar-refractivity contribution >= 4 is 17.7 Å². The van der Waals surface area contributed by atoms with Crippen LogP contribution in [-0.2, 0) is 4.74 Å². The van der Waals surface area contributed by atoms with E-state index >= 15 is 0 Å². The van der Waals surface area contributed by atoms with Crippen molar-refractivity contribution in [2.75, 3.05) is 37.5 Å². The zero-order chi connectivity index (χ0) is 13.8. The topological polar surface area (TPSA) is 38.2 Å². The Bertz CT molecular complexity index is 568. The number of rotatable bonds is 3. The lowest BCUT2D eigenvalue weighted by Crippen LogP contribution is -2.37. The van der Waals surface area contributed by atoms with Crippen LogP contribution in [0.1, 0.15) is 0 Å². The maximum Gasteiger partial charge on any atom is 0.226 e. The lowest BCUT2D eigenvalue weighted by molar-refractivity contribution is 0.122. The summed E-state index contributed by atoms with van der Waals surface area (Å²) in [4.78, 5) is 12.5. The van der Waals surface area contributed by atoms with Crippen LogP contribution in [0, 0.1) is 0 Å². The molecule has 4 nitrogen and oxygen atoms in total. The molecule has 0 spiro atoms. The number of thioether (sulfide) groups is 1. The van der Waals surface area contributed by atoms with Crippen LogP contribution in [0.15, 0.2) is 41.4 Å². The minimum absolute atomic E-state index is 0.746. The molecule has 1 fully saturated rings. The summed E-state index contributed by atoms with van der Waals surface area (Å²) in [7, 11) is 0. The highest BCUT2D eigenvalue weighted by molar-refractivity contribution is 7.98. The van der Waals surface area contributed by atoms with Crippen molar-refractivity contribution in [3.05, 3.63) is 36.5 Å². The summed E-state index contributed by atoms with van der Waals surface area (Å²) in [5.41, 5.74) is 2.09. The van der Waals surface area contributed by atoms with E-state index in [0.29, 0.717) is 0 Å². The van der Waals surface area contributed by atoms with Crippen molar-refractivity contribution in [2.45, 2.75) is 4.90 Å². The first-order valence-corrected chi connectivity index (χ1v) is 7.89. The van der Waals surface area contributed by atoms with Crippen molar-refractivity contribution in [1.29, 1.82) is 0 Å². The molecule has 20 heavy (non-hydrogen) atoms. The van der Waals surface area contributed by atoms with Crippen molar-refractivity contribution in [3.8, 4) is 11.3 Å². The molecule has 0 radical (unpaired) electrons. The fourth-order valence-corrected chi connectivity index (χ4v) is 2.59. The first-order valence-electron chi connectivity index (χ1n) is 6.67. The number of anilines is 1. The first kappa shape index (κ1) is 13.4. The van der Waals surface area contributed by atoms with Crippen LogP contribution in [-0.4, -0.2) is 42.5 Å². The van der Waals surface area contributed by atoms with E-state index in [1.54, 1.807) is 11.8 Å². The van der Waals surface area contributed by atoms with Crippen LogP contribution < -0.4 is 4.90 Å². The lowest BCUT2D eigenvalue weighted by Gasteiger charge is -2.26. The Morgan fingerprint density at radius 1 is 1.10 bits per heavy atom. The Labute approximate surface area is 123 Å². The largest absolute Gasteiger partial charge is 0.378 e. The Morgan fingerprint density at radius 3 is 2.55 bits per heavy atom. The standard InChI is InChI=1S/C15H17N3OS/c1-20-13-4-2-12(3-5-13)14-6-7-16-15(17-14)18-8-10-19-11-9-18/h2-7H,8-11H2,1H3. The van der Waals surface area contributed by atoms with E-state index in [0.717, 1.165) is 43.5 Å². The minimum Gasteiger partial charge on any atom is -0.378 e. The Morgan fingerprint density at radius 2 is 1.85 bits per heavy atom. The van der Waals surface area contributed by atoms with Gasteiger partial charge in [-0.1, -0.05) is 12.1 Å². The van der Waals surface area contributed by atoms with Gasteiger partial charge in [-0.25, -0.2) is 9.97 Å². The third-order valence-corrected chi connectivity index (χ3v) is 4.07. The maximum atomic E-state index is 5.36. The van der Waals surface area contributed by atoms with E-state index in [4.69, 9.17) is 4.74 Å². The number of nitrogens with zero attached hydrogens (tertiary/aromatic N) is 3. The highest BCUT2D eigenvalue weighted by atomic mass is 32.2. The van der Waals surface area contributed by atoms with E-state index in [9.17, 15) is 0 Å². The fourth-order valence-electron chi connectivity index (χ4n) is 2.19. The normalized spacial score (nSPS) is 15.3. The molecule has 1 aromatic carbocycles. The second-order valence-corrected chi connectivity index (χ2v) is 5.45. The van der Waals surface area contributed by atoms with Gasteiger partial charge in [-0.2, -0.15) is 0 Å². The van der Waals surface area contributed by atoms with Gasteiger partial charge >= 0.3 is 0 Å². The Hall–Kier alpha value is -1.59. The van der Waals surface area contributed by atoms with Crippen molar-refractivity contribution < 1.29 is 4.74 Å². The molecule has 0 N–H and O–H groups in total. The number of aromatic nitrogens is 2. The third-order valence-electron chi connectivity index (χ3n) is 3.32. The molecule has 0 bridgehead atoms. The first-order chi connectivity index (χ1) is 9.86. The summed E-state index contributed by atoms with van der Waals surface area (Å²) in [5, 5.41) is 0. The summed E-state index contributed by atoms with van der Waals surface area (Å²) in [5.74, 6) is 0.791. The minimum atomic E-state index is 0.746. The molecule has 0 amide bonds. The molecule has 2 heterocycles. The Kier molecular flexibility index (Phi) is 4.18. The van der Waals surface area contributed by atoms with Gasteiger partial charge in [-0.3, -0.25) is 0 Å². The summed E-state index contributed by atoms with van der Waals surface area (Å²) in [6.45, 7) is 3.20. The van der Waals surface area contributed by atoms with E-state index in [-0.39, 0.29) is 0 Å². The number of hydrogen-bond acceptors (Lipinski definition) is 5. The summed E-state index contributed by atoms with van der Waals surface area (Å²) >= 11 is 1.74. The van der Waals surface area contributed by atoms with Gasteiger partial charge in [0.1, 0.15) is 0 Å². The van der Waals surface area contributed by atoms with Crippen LogP contribution in [0.5, 0.6) is 0 Å². The number of ether oxygens (including phenoxy) is 1. The SMILES string of the molecule is CSc1ccc(-c2ccnc(N3CCOCC3)n2)cc1. The summed E-state index contributed by atoms with van der Waals surface area (Å²) in [6, 6.07) is 10.4. The number of benzene rings is 1. The van der Waals surface area contributed by atoms with Gasteiger partial charge in [-0.05, 0) is 24.5 Å². The molecule has 3 rings (SSSR count). The third kappa shape index (κ3) is 2.94. The van der Waals surface area contributed by atoms with Gasteiger partial charge in [0, 0.05) is 29.7 Å². The van der Waals surface area contributed by atoms with E-state index in [2.05, 4.69) is 45.4 Å². The zero-order valence-corrected chi connectivity index (χ0v) is 12.3. The average molecular weight is 287 g/mol. The van der Waals surface area contributed by atoms with Crippen LogP contribution in [0.25, 0.3) is 11.3 Å². The van der Waals surface area contributed by atoms with Gasteiger partial charge in [0.05, 0.1) is 18.9 Å². The predicted octanol–water partition coefficient (Wildman–Crippen LogP) is 2.70. The molecular formula is C15H17N3OS. The van der Waals surface area contributed by atoms with Gasteiger partial charge in [0.2, 0.25) is 5.95 Å². The van der Waals surface area contributed by atoms with Crippen LogP contribution in [0.2, 0.25) is 0 Å². The molecule has 0 unspecified atom stereocenters. The predicted molar refractivity (Wildman–Crippen MR) is 82.3 cm³/mol. The molecule has 1 aliphatic heterocycles. The van der Waals surface area contributed by atoms with Crippen LogP contribution >= 0.6 is 11.8 Å². The second-order valence-electron chi connectivity index (χ2n) is 4.57. The molecule has 1 saturated heterocycles. The molecule has 0 atom stereocenters. The van der Waals surface area contributed by atoms with Crippen LogP contribution in [0.3, 0.4) is 0 Å². The fraction of sp³-hybridized carbons (Fsp3) is 0.333. The van der Waals surface area contributed by atoms with E-state index < -0.39 is 0 Å². The smallest absolute Gasteiger partial charge is 0.226 e. The second kappa shape index (κ2) is 6.24. The van der Waals surface area contributed by atoms with Gasteiger partial charge in [0.15, 0.2) is 0 Å². The molecule has 0 saturated carbocycles. The highest BCUT2D eigenvalue weighted by Crippen LogP contribution is 2.22. The summed E-state index contributed by atoms with van der Waals surface area (Å²) in [6.07, 6.45) is 3.91. The molecule has 1 aliphatic rings. The summed E-state index contributed by atoms with van der Waals surface area (Å²) < 4.78 is 5.36.